The number of rotatable bonds is 3. The maximum absolute atomic E-state index is 12.3. The fourth-order valence-electron chi connectivity index (χ4n) is 3.37. The monoisotopic (exact) mass is 444 g/mol. The van der Waals surface area contributed by atoms with E-state index in [0.717, 1.165) is 54.4 Å². The Balaban J connectivity index is 0.000000354. The van der Waals surface area contributed by atoms with E-state index in [-0.39, 0.29) is 5.75 Å². The zero-order valence-electron chi connectivity index (χ0n) is 16.8. The Kier molecular flexibility index (Phi) is 6.38. The van der Waals surface area contributed by atoms with Crippen LogP contribution in [0.3, 0.4) is 0 Å². The van der Waals surface area contributed by atoms with E-state index in [2.05, 4.69) is 9.84 Å². The van der Waals surface area contributed by atoms with Crippen molar-refractivity contribution < 1.29 is 32.2 Å². The number of hydrogen-bond acceptors (Lipinski definition) is 5. The minimum Gasteiger partial charge on any atom is -0.406 e. The third kappa shape index (κ3) is 5.06. The molecule has 5 rings (SSSR count). The first-order valence-corrected chi connectivity index (χ1v) is 9.82. The van der Waals surface area contributed by atoms with Crippen LogP contribution < -0.4 is 4.74 Å². The molecule has 0 amide bonds. The van der Waals surface area contributed by atoms with Crippen LogP contribution in [-0.2, 0) is 9.47 Å². The molecule has 6 nitrogen and oxygen atoms in total. The molecule has 166 valence electrons. The molecular weight excluding hydrogens is 425 g/mol. The number of halogens is 3. The van der Waals surface area contributed by atoms with Gasteiger partial charge in [0.2, 0.25) is 0 Å². The molecule has 4 aromatic rings. The summed E-state index contributed by atoms with van der Waals surface area (Å²) >= 11 is 0. The first kappa shape index (κ1) is 21.8. The Morgan fingerprint density at radius 3 is 2.19 bits per heavy atom. The van der Waals surface area contributed by atoms with E-state index >= 15 is 0 Å². The van der Waals surface area contributed by atoms with Gasteiger partial charge in [0.1, 0.15) is 12.0 Å². The van der Waals surface area contributed by atoms with Gasteiger partial charge >= 0.3 is 6.36 Å². The molecule has 0 bridgehead atoms. The van der Waals surface area contributed by atoms with Gasteiger partial charge in [-0.1, -0.05) is 18.2 Å². The van der Waals surface area contributed by atoms with E-state index in [0.29, 0.717) is 11.3 Å². The minimum absolute atomic E-state index is 0.287. The molecule has 1 saturated heterocycles. The number of hydrogen-bond donors (Lipinski definition) is 0. The number of alkyl halides is 3. The summed E-state index contributed by atoms with van der Waals surface area (Å²) in [6, 6.07) is 14.6. The van der Waals surface area contributed by atoms with Crippen LogP contribution in [0, 0.1) is 0 Å². The Morgan fingerprint density at radius 2 is 1.59 bits per heavy atom. The molecule has 9 heteroatoms. The quantitative estimate of drug-likeness (QED) is 0.420. The average molecular weight is 444 g/mol. The number of aldehydes is 1. The highest BCUT2D eigenvalue weighted by atomic mass is 19.4. The van der Waals surface area contributed by atoms with Gasteiger partial charge in [0, 0.05) is 10.9 Å². The summed E-state index contributed by atoms with van der Waals surface area (Å²) in [6.07, 6.45) is -2.24. The number of benzene rings is 3. The van der Waals surface area contributed by atoms with Gasteiger partial charge in [-0.05, 0) is 47.2 Å². The predicted octanol–water partition coefficient (Wildman–Crippen LogP) is 4.92. The van der Waals surface area contributed by atoms with Crippen LogP contribution >= 0.6 is 0 Å². The molecule has 1 aromatic heterocycles. The van der Waals surface area contributed by atoms with Gasteiger partial charge in [-0.15, -0.1) is 13.2 Å². The first-order valence-electron chi connectivity index (χ1n) is 9.82. The standard InChI is InChI=1S/C19H11F3N2O2.C4H8O2/c20-19(21,22)26-15-5-3-14(4-6-15)24-18-8-2-13-9-12(11-25)1-7-16(13)17(18)10-23-24;1-2-6-4-3-5-1/h1-11H;1-4H2. The number of carbonyl (C=O) groups excluding carboxylic acids is 1. The van der Waals surface area contributed by atoms with Gasteiger partial charge in [-0.2, -0.15) is 5.10 Å². The Bertz CT molecular complexity index is 1200. The maximum Gasteiger partial charge on any atom is 0.573 e. The zero-order chi connectivity index (χ0) is 22.6. The van der Waals surface area contributed by atoms with Crippen LogP contribution in [0.4, 0.5) is 13.2 Å². The number of carbonyl (C=O) groups is 1. The molecule has 1 aliphatic heterocycles. The lowest BCUT2D eigenvalue weighted by atomic mass is 10.0. The molecule has 3 aromatic carbocycles. The lowest BCUT2D eigenvalue weighted by molar-refractivity contribution is -0.274. The molecule has 0 N–H and O–H groups in total. The summed E-state index contributed by atoms with van der Waals surface area (Å²) in [4.78, 5) is 10.9. The van der Waals surface area contributed by atoms with Crippen molar-refractivity contribution >= 4 is 28.0 Å². The van der Waals surface area contributed by atoms with Crippen molar-refractivity contribution in [2.45, 2.75) is 6.36 Å². The Hall–Kier alpha value is -3.43. The highest BCUT2D eigenvalue weighted by molar-refractivity contribution is 6.07. The third-order valence-corrected chi connectivity index (χ3v) is 4.79. The van der Waals surface area contributed by atoms with Crippen molar-refractivity contribution in [2.24, 2.45) is 0 Å². The summed E-state index contributed by atoms with van der Waals surface area (Å²) in [7, 11) is 0. The fraction of sp³-hybridized carbons (Fsp3) is 0.217. The second-order valence-corrected chi connectivity index (χ2v) is 6.92. The topological polar surface area (TPSA) is 62.6 Å². The Morgan fingerprint density at radius 1 is 0.906 bits per heavy atom. The molecule has 32 heavy (non-hydrogen) atoms. The minimum atomic E-state index is -4.72. The molecule has 0 saturated carbocycles. The van der Waals surface area contributed by atoms with Gasteiger partial charge in [0.25, 0.3) is 0 Å². The average Bonchev–Trinajstić information content (AvgIpc) is 3.24. The van der Waals surface area contributed by atoms with Crippen LogP contribution in [0.25, 0.3) is 27.4 Å². The van der Waals surface area contributed by atoms with E-state index in [1.807, 2.05) is 18.2 Å². The van der Waals surface area contributed by atoms with Crippen LogP contribution in [-0.4, -0.2) is 48.9 Å². The summed E-state index contributed by atoms with van der Waals surface area (Å²) in [6.45, 7) is 3.11. The highest BCUT2D eigenvalue weighted by Gasteiger charge is 2.31. The molecule has 0 radical (unpaired) electrons. The second kappa shape index (κ2) is 9.37. The largest absolute Gasteiger partial charge is 0.573 e. The van der Waals surface area contributed by atoms with Crippen LogP contribution in [0.15, 0.2) is 60.8 Å². The lowest BCUT2D eigenvalue weighted by Gasteiger charge is -2.10. The lowest BCUT2D eigenvalue weighted by Crippen LogP contribution is -2.17. The van der Waals surface area contributed by atoms with Crippen LogP contribution in [0.2, 0.25) is 0 Å². The van der Waals surface area contributed by atoms with E-state index in [9.17, 15) is 18.0 Å². The van der Waals surface area contributed by atoms with Gasteiger partial charge < -0.3 is 14.2 Å². The highest BCUT2D eigenvalue weighted by Crippen LogP contribution is 2.29. The number of fused-ring (bicyclic) bond motifs is 3. The van der Waals surface area contributed by atoms with Crippen molar-refractivity contribution in [2.75, 3.05) is 26.4 Å². The normalized spacial score (nSPS) is 14.1. The van der Waals surface area contributed by atoms with Gasteiger partial charge in [0.15, 0.2) is 0 Å². The third-order valence-electron chi connectivity index (χ3n) is 4.79. The summed E-state index contributed by atoms with van der Waals surface area (Å²) in [5.41, 5.74) is 2.00. The van der Waals surface area contributed by atoms with Crippen molar-refractivity contribution in [1.29, 1.82) is 0 Å². The summed E-state index contributed by atoms with van der Waals surface area (Å²) < 4.78 is 52.2. The zero-order valence-corrected chi connectivity index (χ0v) is 16.8. The summed E-state index contributed by atoms with van der Waals surface area (Å²) in [5.74, 6) is -0.287. The van der Waals surface area contributed by atoms with E-state index in [4.69, 9.17) is 9.47 Å². The van der Waals surface area contributed by atoms with E-state index in [1.54, 1.807) is 23.0 Å². The van der Waals surface area contributed by atoms with E-state index in [1.165, 1.54) is 24.3 Å². The van der Waals surface area contributed by atoms with Crippen molar-refractivity contribution in [1.82, 2.24) is 9.78 Å². The van der Waals surface area contributed by atoms with Crippen LogP contribution in [0.1, 0.15) is 10.4 Å². The smallest absolute Gasteiger partial charge is 0.406 e. The first-order chi connectivity index (χ1) is 15.4. The maximum atomic E-state index is 12.3. The molecule has 0 unspecified atom stereocenters. The summed E-state index contributed by atoms with van der Waals surface area (Å²) in [5, 5.41) is 7.09. The molecule has 1 fully saturated rings. The molecular formula is C23H19F3N2O4. The molecule has 2 heterocycles. The van der Waals surface area contributed by atoms with Crippen molar-refractivity contribution in [3.8, 4) is 11.4 Å². The van der Waals surface area contributed by atoms with Gasteiger partial charge in [-0.3, -0.25) is 4.79 Å². The molecule has 0 aliphatic carbocycles. The second-order valence-electron chi connectivity index (χ2n) is 6.92. The molecule has 0 atom stereocenters. The Labute approximate surface area is 181 Å². The SMILES string of the molecule is C1COCCO1.O=Cc1ccc2c(ccc3c2cnn3-c2ccc(OC(F)(F)F)cc2)c1. The van der Waals surface area contributed by atoms with Crippen LogP contribution in [0.5, 0.6) is 5.75 Å². The van der Waals surface area contributed by atoms with Crippen molar-refractivity contribution in [3.63, 3.8) is 0 Å². The van der Waals surface area contributed by atoms with Crippen molar-refractivity contribution in [3.05, 3.63) is 66.4 Å². The molecule has 0 spiro atoms. The number of nitrogens with zero attached hydrogens (tertiary/aromatic N) is 2. The number of aromatic nitrogens is 2. The fourth-order valence-corrected chi connectivity index (χ4v) is 3.37. The van der Waals surface area contributed by atoms with Gasteiger partial charge in [0.05, 0.1) is 43.8 Å². The van der Waals surface area contributed by atoms with Gasteiger partial charge in [-0.25, -0.2) is 4.68 Å². The number of ether oxygens (including phenoxy) is 3. The van der Waals surface area contributed by atoms with E-state index < -0.39 is 6.36 Å². The predicted molar refractivity (Wildman–Crippen MR) is 112 cm³/mol. The molecule has 1 aliphatic rings.